The Hall–Kier alpha value is -3.44. The maximum atomic E-state index is 12.8. The smallest absolute Gasteiger partial charge is 0.352 e. The molecule has 6 N–H and O–H groups in total. The van der Waals surface area contributed by atoms with Gasteiger partial charge in [-0.1, -0.05) is 5.16 Å². The molecule has 4 heterocycles. The molecule has 17 heteroatoms. The van der Waals surface area contributed by atoms with Crippen LogP contribution in [0.15, 0.2) is 34.3 Å². The number of hydrogen-bond donors (Lipinski definition) is 5. The van der Waals surface area contributed by atoms with Crippen molar-refractivity contribution in [2.45, 2.75) is 17.2 Å². The summed E-state index contributed by atoms with van der Waals surface area (Å²) in [5, 5.41) is 25.0. The van der Waals surface area contributed by atoms with Gasteiger partial charge in [-0.15, -0.1) is 23.1 Å². The van der Waals surface area contributed by atoms with Gasteiger partial charge < -0.3 is 26.3 Å². The summed E-state index contributed by atoms with van der Waals surface area (Å²) in [6, 6.07) is -1.11. The number of carboxylic acids is 1. The van der Waals surface area contributed by atoms with E-state index >= 15 is 0 Å². The van der Waals surface area contributed by atoms with Crippen LogP contribution >= 0.6 is 23.1 Å². The lowest BCUT2D eigenvalue weighted by molar-refractivity contribution is -0.150. The summed E-state index contributed by atoms with van der Waals surface area (Å²) in [5.41, 5.74) is 5.08. The van der Waals surface area contributed by atoms with Gasteiger partial charge in [-0.05, 0) is 5.57 Å². The number of oxime groups is 1. The maximum Gasteiger partial charge on any atom is 0.352 e. The lowest BCUT2D eigenvalue weighted by atomic mass is 10.0. The van der Waals surface area contributed by atoms with Crippen molar-refractivity contribution in [1.82, 2.24) is 25.2 Å². The number of nitrogens with zero attached hydrogens (tertiary/aromatic N) is 4. The molecule has 1 unspecified atom stereocenters. The Kier molecular flexibility index (Phi) is 6.32. The molecule has 2 aliphatic rings. The van der Waals surface area contributed by atoms with Gasteiger partial charge in [0.05, 0.1) is 17.8 Å². The minimum atomic E-state index is -3.75. The number of carbonyl (C=O) groups excluding carboxylic acids is 2. The molecule has 2 amide bonds. The predicted octanol–water partition coefficient (Wildman–Crippen LogP) is -1.02. The lowest BCUT2D eigenvalue weighted by Gasteiger charge is -2.49. The highest BCUT2D eigenvalue weighted by Crippen LogP contribution is 2.40. The van der Waals surface area contributed by atoms with Gasteiger partial charge in [-0.3, -0.25) is 14.5 Å². The molecule has 0 saturated carbocycles. The molecular formula is C17H17N7O7S3. The van der Waals surface area contributed by atoms with Crippen LogP contribution in [0.2, 0.25) is 0 Å². The number of β-lactam (4-membered cyclic amide) rings is 1. The van der Waals surface area contributed by atoms with Crippen molar-refractivity contribution in [2.75, 3.05) is 17.2 Å². The van der Waals surface area contributed by atoms with Crippen molar-refractivity contribution in [1.29, 1.82) is 0 Å². The average Bonchev–Trinajstić information content (AvgIpc) is 3.43. The monoisotopic (exact) mass is 527 g/mol. The topological polar surface area (TPSA) is 221 Å². The van der Waals surface area contributed by atoms with Crippen LogP contribution in [0.3, 0.4) is 0 Å². The van der Waals surface area contributed by atoms with Gasteiger partial charge in [-0.25, -0.2) is 23.2 Å². The molecule has 0 aromatic carbocycles. The molecule has 0 spiro atoms. The molecule has 2 aliphatic heterocycles. The van der Waals surface area contributed by atoms with E-state index in [0.717, 1.165) is 28.0 Å². The minimum Gasteiger partial charge on any atom is -0.477 e. The molecule has 2 aromatic rings. The Morgan fingerprint density at radius 1 is 1.38 bits per heavy atom. The third-order valence-corrected chi connectivity index (χ3v) is 8.49. The molecule has 1 fully saturated rings. The van der Waals surface area contributed by atoms with Crippen LogP contribution in [-0.4, -0.2) is 85.0 Å². The Bertz CT molecular complexity index is 1320. The van der Waals surface area contributed by atoms with Gasteiger partial charge in [0.1, 0.15) is 22.8 Å². The Labute approximate surface area is 199 Å². The number of aliphatic carboxylic acids is 1. The Morgan fingerprint density at radius 2 is 2.15 bits per heavy atom. The van der Waals surface area contributed by atoms with Crippen molar-refractivity contribution in [2.24, 2.45) is 5.16 Å². The van der Waals surface area contributed by atoms with Gasteiger partial charge >= 0.3 is 5.97 Å². The number of imidazole rings is 1. The standard InChI is InChI=1S/C17H17N7O7S3/c18-17-21-9(3-33-17)10(23-29)13(25)22-11-14(26)24-12(16(27)28)7(2-32-15(11)24)4-34(30,31)5-8-1-19-6-20-8/h1,3,6,11,15,29H,2,4-5H2,(H2,18,21)(H,19,20)(H,22,25)(H,27,28)/b23-10-/t11?,15-/m1/s1. The van der Waals surface area contributed by atoms with Crippen LogP contribution in [0.1, 0.15) is 11.4 Å². The maximum absolute atomic E-state index is 12.8. The normalized spacial score (nSPS) is 20.6. The van der Waals surface area contributed by atoms with E-state index in [2.05, 4.69) is 25.4 Å². The van der Waals surface area contributed by atoms with E-state index in [4.69, 9.17) is 5.73 Å². The van der Waals surface area contributed by atoms with Crippen molar-refractivity contribution < 1.29 is 33.1 Å². The third-order valence-electron chi connectivity index (χ3n) is 4.94. The number of thioether (sulfide) groups is 1. The summed E-state index contributed by atoms with van der Waals surface area (Å²) in [5.74, 6) is -3.99. The number of rotatable bonds is 8. The Morgan fingerprint density at radius 3 is 2.74 bits per heavy atom. The van der Waals surface area contributed by atoms with E-state index in [-0.39, 0.29) is 27.9 Å². The molecule has 14 nitrogen and oxygen atoms in total. The molecule has 4 rings (SSSR count). The van der Waals surface area contributed by atoms with Crippen molar-refractivity contribution >= 4 is 61.6 Å². The highest BCUT2D eigenvalue weighted by Gasteiger charge is 2.54. The minimum absolute atomic E-state index is 0.0123. The second-order valence-corrected chi connectivity index (χ2v) is 11.3. The summed E-state index contributed by atoms with van der Waals surface area (Å²) < 4.78 is 25.2. The fourth-order valence-electron chi connectivity index (χ4n) is 3.53. The summed E-state index contributed by atoms with van der Waals surface area (Å²) in [4.78, 5) is 48.5. The molecule has 0 aliphatic carbocycles. The zero-order chi connectivity index (χ0) is 24.6. The first-order valence-electron chi connectivity index (χ1n) is 9.43. The number of hydrogen-bond acceptors (Lipinski definition) is 12. The number of fused-ring (bicyclic) bond motifs is 1. The first kappa shape index (κ1) is 23.7. The fourth-order valence-corrected chi connectivity index (χ4v) is 7.06. The number of H-pyrrole nitrogens is 1. The van der Waals surface area contributed by atoms with Crippen LogP contribution in [-0.2, 0) is 30.0 Å². The first-order valence-corrected chi connectivity index (χ1v) is 13.2. The molecule has 180 valence electrons. The molecule has 0 bridgehead atoms. The largest absolute Gasteiger partial charge is 0.477 e. The highest BCUT2D eigenvalue weighted by atomic mass is 32.2. The van der Waals surface area contributed by atoms with Gasteiger partial charge in [0.15, 0.2) is 20.7 Å². The Balaban J connectivity index is 1.51. The van der Waals surface area contributed by atoms with E-state index in [1.807, 2.05) is 0 Å². The summed E-state index contributed by atoms with van der Waals surface area (Å²) in [6.45, 7) is 0. The molecule has 2 aromatic heterocycles. The van der Waals surface area contributed by atoms with E-state index in [0.29, 0.717) is 5.69 Å². The van der Waals surface area contributed by atoms with Gasteiger partial charge in [-0.2, -0.15) is 0 Å². The predicted molar refractivity (Wildman–Crippen MR) is 121 cm³/mol. The molecule has 1 saturated heterocycles. The van der Waals surface area contributed by atoms with Crippen molar-refractivity contribution in [3.63, 3.8) is 0 Å². The first-order chi connectivity index (χ1) is 16.1. The zero-order valence-corrected chi connectivity index (χ0v) is 19.5. The molecule has 34 heavy (non-hydrogen) atoms. The number of nitrogens with two attached hydrogens (primary N) is 1. The zero-order valence-electron chi connectivity index (χ0n) is 17.0. The van der Waals surface area contributed by atoms with Gasteiger partial charge in [0, 0.05) is 23.0 Å². The molecule has 0 radical (unpaired) electrons. The van der Waals surface area contributed by atoms with E-state index in [1.54, 1.807) is 0 Å². The number of sulfone groups is 1. The summed E-state index contributed by atoms with van der Waals surface area (Å²) in [7, 11) is -3.75. The number of amides is 2. The van der Waals surface area contributed by atoms with Crippen LogP contribution in [0.4, 0.5) is 5.13 Å². The van der Waals surface area contributed by atoms with Crippen molar-refractivity contribution in [3.8, 4) is 0 Å². The number of carbonyl (C=O) groups is 3. The number of carboxylic acid groups (broad SMARTS) is 1. The van der Waals surface area contributed by atoms with Crippen LogP contribution in [0.5, 0.6) is 0 Å². The van der Waals surface area contributed by atoms with Gasteiger partial charge in [0.2, 0.25) is 0 Å². The number of nitrogens with one attached hydrogen (secondary N) is 2. The van der Waals surface area contributed by atoms with E-state index in [9.17, 15) is 33.1 Å². The number of aromatic amines is 1. The van der Waals surface area contributed by atoms with E-state index < -0.39 is 56.2 Å². The van der Waals surface area contributed by atoms with Crippen molar-refractivity contribution in [3.05, 3.63) is 40.6 Å². The van der Waals surface area contributed by atoms with Crippen LogP contribution < -0.4 is 11.1 Å². The third kappa shape index (κ3) is 4.48. The quantitative estimate of drug-likeness (QED) is 0.121. The number of thiazole rings is 1. The second-order valence-electron chi connectivity index (χ2n) is 7.25. The van der Waals surface area contributed by atoms with Crippen LogP contribution in [0.25, 0.3) is 0 Å². The summed E-state index contributed by atoms with van der Waals surface area (Å²) in [6.07, 6.45) is 2.68. The average molecular weight is 528 g/mol. The second kappa shape index (κ2) is 9.07. The SMILES string of the molecule is Nc1nc(/C(=N/O)C(=O)NC2C(=O)N3C(C(=O)O)=C(CS(=O)(=O)Cc4cnc[nH]4)CS[C@H]23)cs1. The fraction of sp³-hybridized carbons (Fsp3) is 0.294. The van der Waals surface area contributed by atoms with Gasteiger partial charge in [0.25, 0.3) is 11.8 Å². The molecule has 2 atom stereocenters. The molecular weight excluding hydrogens is 510 g/mol. The lowest BCUT2D eigenvalue weighted by Crippen LogP contribution is -2.71. The number of aromatic nitrogens is 3. The van der Waals surface area contributed by atoms with E-state index in [1.165, 1.54) is 17.9 Å². The number of anilines is 1. The van der Waals surface area contributed by atoms with Crippen LogP contribution in [0, 0.1) is 0 Å². The number of nitrogen functional groups attached to an aromatic ring is 1. The highest BCUT2D eigenvalue weighted by molar-refractivity contribution is 8.00. The summed E-state index contributed by atoms with van der Waals surface area (Å²) >= 11 is 2.13.